The van der Waals surface area contributed by atoms with Crippen LogP contribution in [-0.2, 0) is 11.4 Å². The van der Waals surface area contributed by atoms with E-state index < -0.39 is 15.1 Å². The second-order valence-corrected chi connectivity index (χ2v) is 3.23. The Balaban J connectivity index is 0. The van der Waals surface area contributed by atoms with Crippen LogP contribution in [0, 0.1) is 0 Å². The normalized spacial score (nSPS) is 9.00. The van der Waals surface area contributed by atoms with Gasteiger partial charge in [0.2, 0.25) is 0 Å². The van der Waals surface area contributed by atoms with Crippen molar-refractivity contribution in [2.45, 2.75) is 20.8 Å². The Kier molecular flexibility index (Phi) is 15.5. The second kappa shape index (κ2) is 11.4. The van der Waals surface area contributed by atoms with Crippen molar-refractivity contribution >= 4 is 15.1 Å². The van der Waals surface area contributed by atoms with Crippen LogP contribution in [-0.4, -0.2) is 35.0 Å². The molecule has 0 aliphatic rings. The van der Waals surface area contributed by atoms with Gasteiger partial charge >= 0.3 is 44.7 Å². The monoisotopic (exact) mass is 185 g/mol. The van der Waals surface area contributed by atoms with Crippen LogP contribution in [0.25, 0.3) is 0 Å². The van der Waals surface area contributed by atoms with Gasteiger partial charge in [0.05, 0.1) is 0 Å². The van der Waals surface area contributed by atoms with Gasteiger partial charge in [0, 0.05) is 19.8 Å². The molecule has 0 saturated heterocycles. The van der Waals surface area contributed by atoms with Gasteiger partial charge in [-0.3, -0.25) is 0 Å². The van der Waals surface area contributed by atoms with E-state index in [0.29, 0.717) is 19.8 Å². The average Bonchev–Trinajstić information content (AvgIpc) is 1.90. The number of rotatable bonds is 6. The van der Waals surface area contributed by atoms with Crippen molar-refractivity contribution in [3.05, 3.63) is 0 Å². The third-order valence-corrected chi connectivity index (χ3v) is 2.72. The summed E-state index contributed by atoms with van der Waals surface area (Å²) in [6.45, 7) is 7.86. The Morgan fingerprint density at radius 2 is 1.09 bits per heavy atom. The molecule has 0 rings (SSSR count). The van der Waals surface area contributed by atoms with E-state index in [9.17, 15) is 0 Å². The summed E-state index contributed by atoms with van der Waals surface area (Å²) in [4.78, 5) is 0. The van der Waals surface area contributed by atoms with Crippen LogP contribution in [0.2, 0.25) is 0 Å². The van der Waals surface area contributed by atoms with Crippen LogP contribution < -0.4 is 29.6 Å². The zero-order chi connectivity index (χ0) is 7.82. The number of hydrogen-bond donors (Lipinski definition) is 0. The van der Waals surface area contributed by atoms with Crippen molar-refractivity contribution in [2.75, 3.05) is 19.8 Å². The van der Waals surface area contributed by atoms with Gasteiger partial charge in [-0.2, -0.15) is 0 Å². The van der Waals surface area contributed by atoms with Gasteiger partial charge in [0.15, 0.2) is 0 Å². The van der Waals surface area contributed by atoms with Crippen LogP contribution in [0.5, 0.6) is 0 Å². The molecule has 0 aromatic heterocycles. The molecular formula is C6H15AlNaO3+. The minimum absolute atomic E-state index is 0. The standard InChI is InChI=1S/3C2H5O.Al.Na/c3*1-2-3;;/h3*2H2,1H3;;/q3*-1;+3;+1. The van der Waals surface area contributed by atoms with Gasteiger partial charge in [-0.15, -0.1) is 0 Å². The predicted molar refractivity (Wildman–Crippen MR) is 40.6 cm³/mol. The van der Waals surface area contributed by atoms with E-state index in [0.717, 1.165) is 0 Å². The zero-order valence-corrected chi connectivity index (χ0v) is 11.1. The van der Waals surface area contributed by atoms with Crippen molar-refractivity contribution < 1.29 is 40.9 Å². The van der Waals surface area contributed by atoms with Crippen LogP contribution in [0.4, 0.5) is 0 Å². The van der Waals surface area contributed by atoms with Crippen LogP contribution in [0.3, 0.4) is 0 Å². The molecule has 0 aromatic rings. The van der Waals surface area contributed by atoms with E-state index in [1.807, 2.05) is 20.8 Å². The summed E-state index contributed by atoms with van der Waals surface area (Å²) in [5, 5.41) is 0. The van der Waals surface area contributed by atoms with E-state index in [1.54, 1.807) is 0 Å². The zero-order valence-electron chi connectivity index (χ0n) is 7.92. The molecule has 3 nitrogen and oxygen atoms in total. The molecule has 0 N–H and O–H groups in total. The summed E-state index contributed by atoms with van der Waals surface area (Å²) in [6, 6.07) is 0. The van der Waals surface area contributed by atoms with E-state index in [4.69, 9.17) is 11.4 Å². The van der Waals surface area contributed by atoms with Crippen LogP contribution in [0.15, 0.2) is 0 Å². The molecule has 0 radical (unpaired) electrons. The summed E-state index contributed by atoms with van der Waals surface area (Å²) < 4.78 is 15.7. The van der Waals surface area contributed by atoms with E-state index in [2.05, 4.69) is 0 Å². The summed E-state index contributed by atoms with van der Waals surface area (Å²) >= 11 is -1.73. The summed E-state index contributed by atoms with van der Waals surface area (Å²) in [7, 11) is 0. The maximum Gasteiger partial charge on any atom is 1.00 e. The Morgan fingerprint density at radius 3 is 1.27 bits per heavy atom. The summed E-state index contributed by atoms with van der Waals surface area (Å²) in [5.41, 5.74) is 0. The Labute approximate surface area is 96.1 Å². The molecule has 0 heterocycles. The van der Waals surface area contributed by atoms with Gasteiger partial charge in [0.1, 0.15) is 0 Å². The van der Waals surface area contributed by atoms with Gasteiger partial charge in [-0.05, 0) is 20.8 Å². The molecule has 60 valence electrons. The maximum atomic E-state index is 5.22. The van der Waals surface area contributed by atoms with Crippen LogP contribution >= 0.6 is 0 Å². The Morgan fingerprint density at radius 1 is 0.818 bits per heavy atom. The molecule has 0 bridgehead atoms. The molecule has 5 heteroatoms. The molecule has 11 heavy (non-hydrogen) atoms. The average molecular weight is 185 g/mol. The molecule has 0 unspecified atom stereocenters. The van der Waals surface area contributed by atoms with Gasteiger partial charge in [-0.1, -0.05) is 0 Å². The van der Waals surface area contributed by atoms with Crippen molar-refractivity contribution in [1.29, 1.82) is 0 Å². The molecule has 0 spiro atoms. The third-order valence-electron chi connectivity index (χ3n) is 0.908. The fraction of sp³-hybridized carbons (Fsp3) is 1.00. The second-order valence-electron chi connectivity index (χ2n) is 1.65. The topological polar surface area (TPSA) is 27.7 Å². The minimum Gasteiger partial charge on any atom is -0.455 e. The van der Waals surface area contributed by atoms with Gasteiger partial charge in [0.25, 0.3) is 0 Å². The van der Waals surface area contributed by atoms with Crippen LogP contribution in [0.1, 0.15) is 20.8 Å². The maximum absolute atomic E-state index is 5.22. The first-order chi connectivity index (χ1) is 4.85. The van der Waals surface area contributed by atoms with Gasteiger partial charge < -0.3 is 11.4 Å². The SMILES string of the molecule is CC[O][Al]([O]CC)[O]CC.[Na+]. The van der Waals surface area contributed by atoms with Gasteiger partial charge in [-0.25, -0.2) is 0 Å². The first-order valence-corrected chi connectivity index (χ1v) is 5.11. The van der Waals surface area contributed by atoms with Crippen molar-refractivity contribution in [3.8, 4) is 0 Å². The fourth-order valence-corrected chi connectivity index (χ4v) is 1.66. The fourth-order valence-electron chi connectivity index (χ4n) is 0.553. The summed E-state index contributed by atoms with van der Waals surface area (Å²) in [5.74, 6) is 0. The molecule has 0 aliphatic carbocycles. The van der Waals surface area contributed by atoms with Crippen molar-refractivity contribution in [2.24, 2.45) is 0 Å². The first-order valence-electron chi connectivity index (χ1n) is 3.69. The molecule has 0 amide bonds. The third kappa shape index (κ3) is 9.33. The predicted octanol–water partition coefficient (Wildman–Crippen LogP) is -1.92. The number of hydrogen-bond acceptors (Lipinski definition) is 3. The van der Waals surface area contributed by atoms with E-state index in [-0.39, 0.29) is 29.6 Å². The summed E-state index contributed by atoms with van der Waals surface area (Å²) in [6.07, 6.45) is 0. The Hall–Kier alpha value is 1.41. The molecule has 0 aliphatic heterocycles. The largest absolute Gasteiger partial charge is 1.00 e. The molecular weight excluding hydrogens is 170 g/mol. The van der Waals surface area contributed by atoms with E-state index >= 15 is 0 Å². The molecule has 0 fully saturated rings. The first kappa shape index (κ1) is 14.9. The minimum atomic E-state index is -1.73. The van der Waals surface area contributed by atoms with Crippen molar-refractivity contribution in [1.82, 2.24) is 0 Å². The quantitative estimate of drug-likeness (QED) is 0.452. The van der Waals surface area contributed by atoms with Crippen molar-refractivity contribution in [3.63, 3.8) is 0 Å². The molecule has 0 aromatic carbocycles. The van der Waals surface area contributed by atoms with E-state index in [1.165, 1.54) is 0 Å². The molecule has 0 saturated carbocycles. The smallest absolute Gasteiger partial charge is 0.455 e. The molecule has 0 atom stereocenters. The Bertz CT molecular complexity index is 60.6.